The van der Waals surface area contributed by atoms with Gasteiger partial charge in [0, 0.05) is 9.77 Å². The number of hydrogen-bond donors (Lipinski definition) is 1. The highest BCUT2D eigenvalue weighted by Gasteiger charge is 2.13. The number of halogens is 1. The van der Waals surface area contributed by atoms with Crippen LogP contribution in [0.4, 0.5) is 4.39 Å². The number of ketones is 1. The van der Waals surface area contributed by atoms with Crippen LogP contribution >= 0.6 is 34.4 Å². The summed E-state index contributed by atoms with van der Waals surface area (Å²) in [6, 6.07) is 13.4. The molecule has 128 valence electrons. The molecule has 25 heavy (non-hydrogen) atoms. The molecule has 0 fully saturated rings. The van der Waals surface area contributed by atoms with Crippen molar-refractivity contribution >= 4 is 46.1 Å². The van der Waals surface area contributed by atoms with E-state index in [4.69, 9.17) is 0 Å². The van der Waals surface area contributed by atoms with Crippen molar-refractivity contribution < 1.29 is 14.0 Å². The molecular formula is C18H14FNO2S3. The smallest absolute Gasteiger partial charge is 0.230 e. The molecule has 0 saturated carbocycles. The van der Waals surface area contributed by atoms with Gasteiger partial charge in [0.25, 0.3) is 0 Å². The Hall–Kier alpha value is -1.96. The van der Waals surface area contributed by atoms with Crippen LogP contribution < -0.4 is 5.32 Å². The highest BCUT2D eigenvalue weighted by atomic mass is 32.2. The van der Waals surface area contributed by atoms with E-state index in [2.05, 4.69) is 5.32 Å². The topological polar surface area (TPSA) is 46.2 Å². The number of benzene rings is 1. The van der Waals surface area contributed by atoms with Gasteiger partial charge in [0.2, 0.25) is 11.7 Å². The van der Waals surface area contributed by atoms with Crippen molar-refractivity contribution in [1.29, 1.82) is 0 Å². The second kappa shape index (κ2) is 8.42. The van der Waals surface area contributed by atoms with E-state index in [0.29, 0.717) is 16.3 Å². The summed E-state index contributed by atoms with van der Waals surface area (Å²) in [6.07, 6.45) is 0. The summed E-state index contributed by atoms with van der Waals surface area (Å²) in [7, 11) is 0. The summed E-state index contributed by atoms with van der Waals surface area (Å²) in [4.78, 5) is 27.3. The largest absolute Gasteiger partial charge is 0.350 e. The Morgan fingerprint density at radius 3 is 2.56 bits per heavy atom. The van der Waals surface area contributed by atoms with Gasteiger partial charge in [-0.05, 0) is 47.8 Å². The van der Waals surface area contributed by atoms with Crippen molar-refractivity contribution in [3.05, 3.63) is 74.4 Å². The fourth-order valence-electron chi connectivity index (χ4n) is 2.04. The van der Waals surface area contributed by atoms with Crippen molar-refractivity contribution in [1.82, 2.24) is 5.32 Å². The molecule has 0 atom stereocenters. The highest BCUT2D eigenvalue weighted by molar-refractivity contribution is 8.00. The molecule has 2 heterocycles. The number of rotatable bonds is 7. The lowest BCUT2D eigenvalue weighted by Crippen LogP contribution is -2.24. The molecule has 7 heteroatoms. The minimum atomic E-state index is -0.292. The summed E-state index contributed by atoms with van der Waals surface area (Å²) < 4.78 is 12.8. The lowest BCUT2D eigenvalue weighted by molar-refractivity contribution is -0.118. The number of hydrogen-bond acceptors (Lipinski definition) is 5. The third-order valence-corrected chi connectivity index (χ3v) is 6.24. The van der Waals surface area contributed by atoms with Crippen LogP contribution in [0.25, 0.3) is 0 Å². The van der Waals surface area contributed by atoms with E-state index >= 15 is 0 Å². The average Bonchev–Trinajstić information content (AvgIpc) is 3.30. The Balaban J connectivity index is 1.47. The van der Waals surface area contributed by atoms with Gasteiger partial charge in [-0.25, -0.2) is 4.39 Å². The van der Waals surface area contributed by atoms with Crippen molar-refractivity contribution in [2.75, 3.05) is 5.75 Å². The van der Waals surface area contributed by atoms with E-state index in [-0.39, 0.29) is 23.3 Å². The molecule has 1 aromatic carbocycles. The first-order valence-corrected chi connectivity index (χ1v) is 10.1. The summed E-state index contributed by atoms with van der Waals surface area (Å²) in [6.45, 7) is 0.394. The van der Waals surface area contributed by atoms with Gasteiger partial charge in [-0.1, -0.05) is 6.07 Å². The standard InChI is InChI=1S/C18H14FNO2S3/c19-12-3-5-13(6-4-12)24-11-17(21)20-10-14-7-8-16(25-14)18(22)15-2-1-9-23-15/h1-9H,10-11H2,(H,20,21). The van der Waals surface area contributed by atoms with Crippen LogP contribution in [0.2, 0.25) is 0 Å². The first kappa shape index (κ1) is 17.8. The van der Waals surface area contributed by atoms with Crippen molar-refractivity contribution in [2.24, 2.45) is 0 Å². The third-order valence-electron chi connectivity index (χ3n) is 3.27. The van der Waals surface area contributed by atoms with E-state index < -0.39 is 0 Å². The number of amides is 1. The molecule has 0 spiro atoms. The molecule has 1 amide bonds. The van der Waals surface area contributed by atoms with E-state index in [0.717, 1.165) is 9.77 Å². The molecule has 0 aliphatic heterocycles. The number of nitrogens with one attached hydrogen (secondary N) is 1. The predicted molar refractivity (Wildman–Crippen MR) is 101 cm³/mol. The van der Waals surface area contributed by atoms with Crippen LogP contribution in [0.15, 0.2) is 58.8 Å². The molecule has 3 rings (SSSR count). The summed E-state index contributed by atoms with van der Waals surface area (Å²) in [5.74, 6) is -0.115. The van der Waals surface area contributed by atoms with Gasteiger partial charge in [0.1, 0.15) is 5.82 Å². The molecule has 2 aromatic heterocycles. The Morgan fingerprint density at radius 1 is 1.04 bits per heavy atom. The third kappa shape index (κ3) is 5.01. The molecule has 3 aromatic rings. The van der Waals surface area contributed by atoms with Crippen molar-refractivity contribution in [2.45, 2.75) is 11.4 Å². The zero-order valence-corrected chi connectivity index (χ0v) is 15.5. The summed E-state index contributed by atoms with van der Waals surface area (Å²) in [5, 5.41) is 4.71. The van der Waals surface area contributed by atoms with Crippen LogP contribution in [0, 0.1) is 5.82 Å². The second-order valence-electron chi connectivity index (χ2n) is 5.09. The van der Waals surface area contributed by atoms with E-state index in [1.807, 2.05) is 17.5 Å². The lowest BCUT2D eigenvalue weighted by Gasteiger charge is -2.04. The molecule has 0 aliphatic rings. The first-order valence-electron chi connectivity index (χ1n) is 7.44. The van der Waals surface area contributed by atoms with Gasteiger partial charge in [0.15, 0.2) is 0 Å². The first-order chi connectivity index (χ1) is 12.1. The maximum Gasteiger partial charge on any atom is 0.230 e. The van der Waals surface area contributed by atoms with Gasteiger partial charge in [-0.15, -0.1) is 34.4 Å². The fraction of sp³-hybridized carbons (Fsp3) is 0.111. The molecule has 0 aliphatic carbocycles. The minimum absolute atomic E-state index is 0.0180. The highest BCUT2D eigenvalue weighted by Crippen LogP contribution is 2.22. The van der Waals surface area contributed by atoms with E-state index in [1.165, 1.54) is 46.6 Å². The second-order valence-corrected chi connectivity index (χ2v) is 8.26. The minimum Gasteiger partial charge on any atom is -0.350 e. The normalized spacial score (nSPS) is 10.6. The van der Waals surface area contributed by atoms with Crippen molar-refractivity contribution in [3.8, 4) is 0 Å². The van der Waals surface area contributed by atoms with Gasteiger partial charge < -0.3 is 5.32 Å². The Bertz CT molecular complexity index is 857. The lowest BCUT2D eigenvalue weighted by atomic mass is 10.3. The predicted octanol–water partition coefficient (Wildman–Crippen LogP) is 4.59. The van der Waals surface area contributed by atoms with Crippen LogP contribution in [0.1, 0.15) is 19.4 Å². The van der Waals surface area contributed by atoms with Gasteiger partial charge in [-0.3, -0.25) is 9.59 Å². The Kier molecular flexibility index (Phi) is 6.01. The zero-order chi connectivity index (χ0) is 17.6. The quantitative estimate of drug-likeness (QED) is 0.473. The number of thioether (sulfide) groups is 1. The van der Waals surface area contributed by atoms with Gasteiger partial charge in [0.05, 0.1) is 22.1 Å². The van der Waals surface area contributed by atoms with E-state index in [1.54, 1.807) is 24.3 Å². The number of carbonyl (C=O) groups is 2. The molecular weight excluding hydrogens is 377 g/mol. The molecule has 0 unspecified atom stereocenters. The number of carbonyl (C=O) groups excluding carboxylic acids is 2. The molecule has 1 N–H and O–H groups in total. The van der Waals surface area contributed by atoms with Crippen LogP contribution in [-0.2, 0) is 11.3 Å². The van der Waals surface area contributed by atoms with Gasteiger partial charge >= 0.3 is 0 Å². The van der Waals surface area contributed by atoms with Gasteiger partial charge in [-0.2, -0.15) is 0 Å². The fourth-order valence-corrected chi connectivity index (χ4v) is 4.41. The zero-order valence-electron chi connectivity index (χ0n) is 13.0. The Morgan fingerprint density at radius 2 is 1.84 bits per heavy atom. The SMILES string of the molecule is O=C(CSc1ccc(F)cc1)NCc1ccc(C(=O)c2cccs2)s1. The number of thiophene rings is 2. The maximum absolute atomic E-state index is 12.8. The molecule has 0 radical (unpaired) electrons. The van der Waals surface area contributed by atoms with Crippen LogP contribution in [-0.4, -0.2) is 17.4 Å². The maximum atomic E-state index is 12.8. The van der Waals surface area contributed by atoms with Crippen molar-refractivity contribution in [3.63, 3.8) is 0 Å². The molecule has 0 bridgehead atoms. The van der Waals surface area contributed by atoms with E-state index in [9.17, 15) is 14.0 Å². The Labute approximate surface area is 156 Å². The summed E-state index contributed by atoms with van der Waals surface area (Å²) in [5.41, 5.74) is 0. The van der Waals surface area contributed by atoms with Crippen LogP contribution in [0.5, 0.6) is 0 Å². The molecule has 3 nitrogen and oxygen atoms in total. The summed E-state index contributed by atoms with van der Waals surface area (Å²) >= 11 is 4.16. The monoisotopic (exact) mass is 391 g/mol. The van der Waals surface area contributed by atoms with Crippen LogP contribution in [0.3, 0.4) is 0 Å². The molecule has 0 saturated heterocycles. The average molecular weight is 392 g/mol.